The molecule has 8 nitrogen and oxygen atoms in total. The molecule has 0 aromatic rings. The number of esters is 1. The minimum atomic E-state index is -1.70. The van der Waals surface area contributed by atoms with Gasteiger partial charge < -0.3 is 32.5 Å². The van der Waals surface area contributed by atoms with Crippen LogP contribution in [0.5, 0.6) is 0 Å². The normalized spacial score (nSPS) is 29.3. The van der Waals surface area contributed by atoms with Gasteiger partial charge in [-0.3, -0.25) is 0 Å². The first kappa shape index (κ1) is 46.1. The summed E-state index contributed by atoms with van der Waals surface area (Å²) in [6, 6.07) is 0. The van der Waals surface area contributed by atoms with Crippen LogP contribution in [0, 0.1) is 0 Å². The zero-order chi connectivity index (χ0) is 39.0. The highest BCUT2D eigenvalue weighted by Gasteiger charge is 2.41. The van der Waals surface area contributed by atoms with Crippen LogP contribution >= 0.6 is 0 Å². The van der Waals surface area contributed by atoms with Crippen LogP contribution in [-0.4, -0.2) is 84.3 Å². The zero-order valence-electron chi connectivity index (χ0n) is 36.0. The molecule has 4 rings (SSSR count). The zero-order valence-corrected chi connectivity index (χ0v) is 38.0. The molecule has 0 radical (unpaired) electrons. The van der Waals surface area contributed by atoms with Crippen molar-refractivity contribution in [3.8, 4) is 0 Å². The fraction of sp³-hybridized carbons (Fsp3) is 0.932. The van der Waals surface area contributed by atoms with E-state index in [2.05, 4.69) is 46.2 Å². The van der Waals surface area contributed by atoms with E-state index in [-0.39, 0.29) is 54.8 Å². The van der Waals surface area contributed by atoms with E-state index >= 15 is 0 Å². The summed E-state index contributed by atoms with van der Waals surface area (Å²) in [7, 11) is -3.38. The molecule has 0 saturated carbocycles. The first-order valence-electron chi connectivity index (χ1n) is 22.6. The maximum atomic E-state index is 12.2. The highest BCUT2D eigenvalue weighted by molar-refractivity contribution is 6.70. The van der Waals surface area contributed by atoms with Gasteiger partial charge in [0.2, 0.25) is 0 Å². The summed E-state index contributed by atoms with van der Waals surface area (Å²) in [5.74, 6) is -0.167. The Morgan fingerprint density at radius 1 is 0.667 bits per heavy atom. The molecular formula is C44H82O8Si2. The van der Waals surface area contributed by atoms with Gasteiger partial charge in [0, 0.05) is 18.1 Å². The molecule has 0 spiro atoms. The van der Waals surface area contributed by atoms with E-state index in [0.717, 1.165) is 69.8 Å². The summed E-state index contributed by atoms with van der Waals surface area (Å²) >= 11 is 0. The van der Waals surface area contributed by atoms with Crippen molar-refractivity contribution in [2.75, 3.05) is 6.79 Å². The van der Waals surface area contributed by atoms with Crippen molar-refractivity contribution in [2.24, 2.45) is 0 Å². The predicted octanol–water partition coefficient (Wildman–Crippen LogP) is 11.6. The van der Waals surface area contributed by atoms with E-state index in [9.17, 15) is 4.79 Å². The lowest BCUT2D eigenvalue weighted by molar-refractivity contribution is -0.154. The fourth-order valence-electron chi connectivity index (χ4n) is 9.01. The molecule has 0 unspecified atom stereocenters. The van der Waals surface area contributed by atoms with Crippen molar-refractivity contribution in [2.45, 2.75) is 256 Å². The van der Waals surface area contributed by atoms with E-state index in [1.54, 1.807) is 0 Å². The second-order valence-electron chi connectivity index (χ2n) is 19.0. The Morgan fingerprint density at radius 3 is 1.83 bits per heavy atom. The third-order valence-corrected chi connectivity index (χ3v) is 13.7. The molecule has 9 atom stereocenters. The number of cyclic esters (lactones) is 1. The van der Waals surface area contributed by atoms with Gasteiger partial charge in [0.15, 0.2) is 16.6 Å². The Hall–Kier alpha value is -0.596. The van der Waals surface area contributed by atoms with Gasteiger partial charge in [-0.25, -0.2) is 4.79 Å². The average Bonchev–Trinajstić information content (AvgIpc) is 3.80. The fourth-order valence-corrected chi connectivity index (χ4v) is 11.4. The van der Waals surface area contributed by atoms with E-state index in [0.29, 0.717) is 19.3 Å². The number of carbonyl (C=O) groups excluding carboxylic acids is 1. The second kappa shape index (κ2) is 23.7. The van der Waals surface area contributed by atoms with Crippen LogP contribution in [-0.2, 0) is 37.3 Å². The molecule has 0 bridgehead atoms. The molecule has 0 aromatic heterocycles. The molecule has 0 amide bonds. The van der Waals surface area contributed by atoms with Crippen molar-refractivity contribution in [1.82, 2.24) is 0 Å². The quantitative estimate of drug-likeness (QED) is 0.0486. The highest BCUT2D eigenvalue weighted by Crippen LogP contribution is 2.35. The van der Waals surface area contributed by atoms with E-state index < -0.39 is 16.6 Å². The Morgan fingerprint density at radius 2 is 1.22 bits per heavy atom. The molecule has 314 valence electrons. The van der Waals surface area contributed by atoms with Crippen LogP contribution < -0.4 is 0 Å². The minimum Gasteiger partial charge on any atom is -0.455 e. The largest absolute Gasteiger partial charge is 0.455 e. The first-order chi connectivity index (χ1) is 25.8. The number of rotatable bonds is 26. The Kier molecular flexibility index (Phi) is 20.2. The summed E-state index contributed by atoms with van der Waals surface area (Å²) in [6.07, 6.45) is 30.1. The lowest BCUT2D eigenvalue weighted by Gasteiger charge is -2.31. The molecule has 0 aromatic carbocycles. The van der Waals surface area contributed by atoms with Gasteiger partial charge in [0.25, 0.3) is 0 Å². The van der Waals surface area contributed by atoms with Crippen LogP contribution in [0.3, 0.4) is 0 Å². The van der Waals surface area contributed by atoms with Crippen molar-refractivity contribution >= 4 is 22.6 Å². The van der Waals surface area contributed by atoms with Gasteiger partial charge in [-0.15, -0.1) is 0 Å². The summed E-state index contributed by atoms with van der Waals surface area (Å²) in [4.78, 5) is 12.2. The smallest absolute Gasteiger partial charge is 0.334 e. The van der Waals surface area contributed by atoms with Gasteiger partial charge in [0.05, 0.1) is 42.7 Å². The maximum Gasteiger partial charge on any atom is 0.334 e. The molecule has 0 aliphatic carbocycles. The van der Waals surface area contributed by atoms with Gasteiger partial charge in [-0.1, -0.05) is 90.4 Å². The topological polar surface area (TPSA) is 81.7 Å². The molecule has 10 heteroatoms. The molecule has 4 aliphatic rings. The van der Waals surface area contributed by atoms with Crippen molar-refractivity contribution in [1.29, 1.82) is 0 Å². The third kappa shape index (κ3) is 17.5. The first-order valence-corrected chi connectivity index (χ1v) is 29.4. The van der Waals surface area contributed by atoms with Crippen LogP contribution in [0.1, 0.15) is 162 Å². The molecule has 54 heavy (non-hydrogen) atoms. The number of hydrogen-bond donors (Lipinski definition) is 0. The lowest BCUT2D eigenvalue weighted by atomic mass is 9.98. The summed E-state index contributed by atoms with van der Waals surface area (Å²) in [5.41, 5.74) is 0.791. The van der Waals surface area contributed by atoms with Crippen molar-refractivity contribution < 1.29 is 37.3 Å². The number of hydrogen-bond acceptors (Lipinski definition) is 8. The number of unbranched alkanes of at least 4 members (excludes halogenated alkanes) is 11. The monoisotopic (exact) mass is 795 g/mol. The van der Waals surface area contributed by atoms with Crippen LogP contribution in [0.25, 0.3) is 0 Å². The Labute approximate surface area is 333 Å². The van der Waals surface area contributed by atoms with Gasteiger partial charge in [-0.2, -0.15) is 0 Å². The van der Waals surface area contributed by atoms with Gasteiger partial charge >= 0.3 is 5.97 Å². The van der Waals surface area contributed by atoms with Gasteiger partial charge in [0.1, 0.15) is 12.9 Å². The van der Waals surface area contributed by atoms with Crippen LogP contribution in [0.15, 0.2) is 11.6 Å². The van der Waals surface area contributed by atoms with Crippen molar-refractivity contribution in [3.63, 3.8) is 0 Å². The maximum absolute atomic E-state index is 12.2. The average molecular weight is 795 g/mol. The number of carbonyl (C=O) groups is 1. The predicted molar refractivity (Wildman–Crippen MR) is 224 cm³/mol. The summed E-state index contributed by atoms with van der Waals surface area (Å²) < 4.78 is 44.5. The molecule has 4 heterocycles. The number of ether oxygens (including phenoxy) is 5. The molecule has 4 aliphatic heterocycles. The molecule has 3 saturated heterocycles. The summed E-state index contributed by atoms with van der Waals surface area (Å²) in [6.45, 7) is 18.2. The van der Waals surface area contributed by atoms with Crippen LogP contribution in [0.4, 0.5) is 0 Å². The summed E-state index contributed by atoms with van der Waals surface area (Å²) in [5, 5.41) is 0. The van der Waals surface area contributed by atoms with E-state index in [1.165, 1.54) is 77.0 Å². The van der Waals surface area contributed by atoms with E-state index in [1.807, 2.05) is 13.0 Å². The minimum absolute atomic E-state index is 0.0882. The molecular weight excluding hydrogens is 713 g/mol. The Balaban J connectivity index is 1.09. The second-order valence-corrected chi connectivity index (χ2v) is 27.9. The SMILES string of the molecule is CCCCCCCCCC[C@H](O[Si](C)(C)C)[C@H]1CC[C@H]([C@H]2CC[C@@H]([C@@H]3CC[C@@H](CCCCCCC[C@H](CC4=C[C@H](C)OC4=O)O[Si](C)(C)C)O3)OCO2)O1. The highest BCUT2D eigenvalue weighted by atomic mass is 28.4. The standard InChI is InChI=1S/C44H82O8Si2/c1-9-10-11-12-13-14-18-21-24-43(52-54(6,7)8)42-30-29-41(50-42)39-28-27-38(46-33-47-39)40-26-25-36(49-40)22-19-16-15-17-20-23-37(51-53(3,4)5)32-35-31-34(2)48-44(35)45/h31,34,36-43H,9-30,32-33H2,1-8H3/t34-,36+,37+,38-,39+,40-,41+,42+,43-/m0/s1. The van der Waals surface area contributed by atoms with Crippen LogP contribution in [0.2, 0.25) is 39.3 Å². The lowest BCUT2D eigenvalue weighted by Crippen LogP contribution is -2.40. The van der Waals surface area contributed by atoms with Gasteiger partial charge in [-0.05, 0) is 110 Å². The Bertz CT molecular complexity index is 1090. The van der Waals surface area contributed by atoms with Crippen molar-refractivity contribution in [3.05, 3.63) is 11.6 Å². The molecule has 3 fully saturated rings. The molecule has 0 N–H and O–H groups in total. The third-order valence-electron chi connectivity index (χ3n) is 11.6. The van der Waals surface area contributed by atoms with E-state index in [4.69, 9.17) is 32.5 Å².